The molecule has 0 aromatic carbocycles. The molecule has 3 heteroatoms. The fourth-order valence-corrected chi connectivity index (χ4v) is 1.28. The maximum absolute atomic E-state index is 11.4. The zero-order chi connectivity index (χ0) is 9.68. The molecule has 0 radical (unpaired) electrons. The number of hydrogen-bond acceptors (Lipinski definition) is 3. The summed E-state index contributed by atoms with van der Waals surface area (Å²) >= 11 is 0. The second kappa shape index (κ2) is 4.82. The van der Waals surface area contributed by atoms with E-state index in [0.717, 1.165) is 5.57 Å². The van der Waals surface area contributed by atoms with Gasteiger partial charge in [-0.2, -0.15) is 0 Å². The van der Waals surface area contributed by atoms with Gasteiger partial charge in [-0.05, 0) is 12.5 Å². The molecule has 0 saturated carbocycles. The predicted octanol–water partition coefficient (Wildman–Crippen LogP) is 1.31. The quantitative estimate of drug-likeness (QED) is 0.615. The van der Waals surface area contributed by atoms with Crippen LogP contribution in [0.3, 0.4) is 0 Å². The summed E-state index contributed by atoms with van der Waals surface area (Å²) < 4.78 is 9.88. The Labute approximate surface area is 78.0 Å². The summed E-state index contributed by atoms with van der Waals surface area (Å²) in [6.07, 6.45) is 5.58. The highest BCUT2D eigenvalue weighted by atomic mass is 16.5. The van der Waals surface area contributed by atoms with Gasteiger partial charge in [-0.3, -0.25) is 4.79 Å². The lowest BCUT2D eigenvalue weighted by Gasteiger charge is -2.11. The maximum Gasteiger partial charge on any atom is 0.317 e. The van der Waals surface area contributed by atoms with Crippen molar-refractivity contribution in [3.63, 3.8) is 0 Å². The standard InChI is InChI=1S/C10H14O3/c1-3-13-10(11)9-6-4-5-8(9)7-12-2/h4-6,9H,3,7H2,1-2H3. The number of hydrogen-bond donors (Lipinski definition) is 0. The second-order valence-electron chi connectivity index (χ2n) is 2.79. The van der Waals surface area contributed by atoms with Crippen LogP contribution in [0, 0.1) is 5.92 Å². The third kappa shape index (κ3) is 2.42. The maximum atomic E-state index is 11.4. The summed E-state index contributed by atoms with van der Waals surface area (Å²) in [7, 11) is 1.61. The van der Waals surface area contributed by atoms with E-state index in [1.807, 2.05) is 18.2 Å². The molecule has 0 aliphatic heterocycles. The van der Waals surface area contributed by atoms with E-state index in [-0.39, 0.29) is 11.9 Å². The van der Waals surface area contributed by atoms with Crippen LogP contribution in [0.2, 0.25) is 0 Å². The van der Waals surface area contributed by atoms with Crippen LogP contribution in [0.25, 0.3) is 0 Å². The van der Waals surface area contributed by atoms with E-state index in [1.165, 1.54) is 0 Å². The van der Waals surface area contributed by atoms with E-state index < -0.39 is 0 Å². The van der Waals surface area contributed by atoms with Crippen molar-refractivity contribution in [2.24, 2.45) is 5.92 Å². The van der Waals surface area contributed by atoms with E-state index in [2.05, 4.69) is 0 Å². The molecule has 0 bridgehead atoms. The number of allylic oxidation sites excluding steroid dienone is 2. The largest absolute Gasteiger partial charge is 0.465 e. The average molecular weight is 182 g/mol. The molecule has 0 heterocycles. The van der Waals surface area contributed by atoms with Crippen LogP contribution in [-0.4, -0.2) is 26.3 Å². The van der Waals surface area contributed by atoms with Crippen molar-refractivity contribution in [3.8, 4) is 0 Å². The first-order valence-corrected chi connectivity index (χ1v) is 4.32. The summed E-state index contributed by atoms with van der Waals surface area (Å²) in [5.74, 6) is -0.431. The fraction of sp³-hybridized carbons (Fsp3) is 0.500. The van der Waals surface area contributed by atoms with Gasteiger partial charge in [-0.25, -0.2) is 0 Å². The van der Waals surface area contributed by atoms with E-state index in [1.54, 1.807) is 14.0 Å². The summed E-state index contributed by atoms with van der Waals surface area (Å²) in [6.45, 7) is 2.70. The van der Waals surface area contributed by atoms with Crippen molar-refractivity contribution in [1.29, 1.82) is 0 Å². The molecular weight excluding hydrogens is 168 g/mol. The number of ether oxygens (including phenoxy) is 2. The minimum atomic E-state index is -0.236. The molecule has 0 aromatic rings. The molecule has 1 aliphatic carbocycles. The van der Waals surface area contributed by atoms with Crippen LogP contribution in [-0.2, 0) is 14.3 Å². The van der Waals surface area contributed by atoms with Crippen molar-refractivity contribution in [1.82, 2.24) is 0 Å². The molecule has 13 heavy (non-hydrogen) atoms. The van der Waals surface area contributed by atoms with Crippen molar-refractivity contribution < 1.29 is 14.3 Å². The van der Waals surface area contributed by atoms with E-state index in [9.17, 15) is 4.79 Å². The molecule has 0 fully saturated rings. The number of carbonyl (C=O) groups excluding carboxylic acids is 1. The van der Waals surface area contributed by atoms with Gasteiger partial charge in [0.15, 0.2) is 0 Å². The first-order valence-electron chi connectivity index (χ1n) is 4.32. The van der Waals surface area contributed by atoms with E-state index in [0.29, 0.717) is 13.2 Å². The van der Waals surface area contributed by atoms with Gasteiger partial charge in [0.1, 0.15) is 0 Å². The zero-order valence-electron chi connectivity index (χ0n) is 7.95. The third-order valence-electron chi connectivity index (χ3n) is 1.86. The lowest BCUT2D eigenvalue weighted by molar-refractivity contribution is -0.145. The summed E-state index contributed by atoms with van der Waals surface area (Å²) in [5.41, 5.74) is 0.959. The highest BCUT2D eigenvalue weighted by molar-refractivity contribution is 5.79. The molecule has 0 N–H and O–H groups in total. The van der Waals surface area contributed by atoms with Gasteiger partial charge >= 0.3 is 5.97 Å². The smallest absolute Gasteiger partial charge is 0.317 e. The van der Waals surface area contributed by atoms with Crippen molar-refractivity contribution >= 4 is 5.97 Å². The van der Waals surface area contributed by atoms with Gasteiger partial charge in [0.25, 0.3) is 0 Å². The van der Waals surface area contributed by atoms with Crippen LogP contribution in [0.1, 0.15) is 6.92 Å². The molecule has 1 aliphatic rings. The first-order chi connectivity index (χ1) is 6.29. The van der Waals surface area contributed by atoms with Crippen LogP contribution < -0.4 is 0 Å². The summed E-state index contributed by atoms with van der Waals surface area (Å²) in [5, 5.41) is 0. The highest BCUT2D eigenvalue weighted by Crippen LogP contribution is 2.20. The fourth-order valence-electron chi connectivity index (χ4n) is 1.28. The number of rotatable bonds is 4. The minimum Gasteiger partial charge on any atom is -0.465 e. The summed E-state index contributed by atoms with van der Waals surface area (Å²) in [4.78, 5) is 11.4. The Hall–Kier alpha value is -1.09. The van der Waals surface area contributed by atoms with Crippen LogP contribution >= 0.6 is 0 Å². The Bertz CT molecular complexity index is 241. The zero-order valence-corrected chi connectivity index (χ0v) is 7.95. The molecule has 72 valence electrons. The highest BCUT2D eigenvalue weighted by Gasteiger charge is 2.23. The molecule has 0 amide bonds. The van der Waals surface area contributed by atoms with Crippen LogP contribution in [0.4, 0.5) is 0 Å². The van der Waals surface area contributed by atoms with Crippen LogP contribution in [0.15, 0.2) is 23.8 Å². The molecule has 1 atom stereocenters. The number of esters is 1. The Balaban J connectivity index is 2.54. The Morgan fingerprint density at radius 3 is 3.00 bits per heavy atom. The molecule has 3 nitrogen and oxygen atoms in total. The number of carbonyl (C=O) groups is 1. The lowest BCUT2D eigenvalue weighted by atomic mass is 10.0. The average Bonchev–Trinajstić information content (AvgIpc) is 2.54. The van der Waals surface area contributed by atoms with Gasteiger partial charge in [0.05, 0.1) is 19.1 Å². The Morgan fingerprint density at radius 1 is 1.62 bits per heavy atom. The Morgan fingerprint density at radius 2 is 2.38 bits per heavy atom. The lowest BCUT2D eigenvalue weighted by Crippen LogP contribution is -2.18. The summed E-state index contributed by atoms with van der Waals surface area (Å²) in [6, 6.07) is 0. The van der Waals surface area contributed by atoms with Gasteiger partial charge in [-0.1, -0.05) is 18.2 Å². The van der Waals surface area contributed by atoms with Crippen molar-refractivity contribution in [3.05, 3.63) is 23.8 Å². The predicted molar refractivity (Wildman–Crippen MR) is 49.2 cm³/mol. The molecule has 0 spiro atoms. The van der Waals surface area contributed by atoms with Gasteiger partial charge in [-0.15, -0.1) is 0 Å². The molecular formula is C10H14O3. The number of methoxy groups -OCH3 is 1. The van der Waals surface area contributed by atoms with Gasteiger partial charge < -0.3 is 9.47 Å². The topological polar surface area (TPSA) is 35.5 Å². The third-order valence-corrected chi connectivity index (χ3v) is 1.86. The molecule has 1 rings (SSSR count). The molecule has 1 unspecified atom stereocenters. The normalized spacial score (nSPS) is 20.2. The van der Waals surface area contributed by atoms with Crippen molar-refractivity contribution in [2.75, 3.05) is 20.3 Å². The monoisotopic (exact) mass is 182 g/mol. The Kier molecular flexibility index (Phi) is 3.71. The van der Waals surface area contributed by atoms with Crippen LogP contribution in [0.5, 0.6) is 0 Å². The van der Waals surface area contributed by atoms with Crippen molar-refractivity contribution in [2.45, 2.75) is 6.92 Å². The molecule has 0 aromatic heterocycles. The first kappa shape index (κ1) is 9.99. The van der Waals surface area contributed by atoms with E-state index in [4.69, 9.17) is 9.47 Å². The van der Waals surface area contributed by atoms with Gasteiger partial charge in [0, 0.05) is 7.11 Å². The SMILES string of the molecule is CCOC(=O)C1C=CC=C1COC. The van der Waals surface area contributed by atoms with E-state index >= 15 is 0 Å². The minimum absolute atomic E-state index is 0.195. The van der Waals surface area contributed by atoms with Gasteiger partial charge in [0.2, 0.25) is 0 Å². The second-order valence-corrected chi connectivity index (χ2v) is 2.79. The molecule has 0 saturated heterocycles.